The zero-order chi connectivity index (χ0) is 14.5. The van der Waals surface area contributed by atoms with E-state index in [9.17, 15) is 10.2 Å². The number of aromatic hydroxyl groups is 1. The van der Waals surface area contributed by atoms with Gasteiger partial charge in [-0.2, -0.15) is 0 Å². The molecule has 3 unspecified atom stereocenters. The molecule has 1 saturated heterocycles. The van der Waals surface area contributed by atoms with Gasteiger partial charge >= 0.3 is 0 Å². The lowest BCUT2D eigenvalue weighted by Gasteiger charge is -2.54. The first-order valence-corrected chi connectivity index (χ1v) is 7.66. The molecule has 0 saturated carbocycles. The number of rotatable bonds is 2. The van der Waals surface area contributed by atoms with Gasteiger partial charge in [-0.25, -0.2) is 0 Å². The summed E-state index contributed by atoms with van der Waals surface area (Å²) >= 11 is 0. The highest BCUT2D eigenvalue weighted by Crippen LogP contribution is 2.49. The van der Waals surface area contributed by atoms with Gasteiger partial charge in [0.25, 0.3) is 0 Å². The first-order chi connectivity index (χ1) is 9.41. The van der Waals surface area contributed by atoms with Gasteiger partial charge in [0, 0.05) is 12.6 Å². The van der Waals surface area contributed by atoms with E-state index in [0.717, 1.165) is 25.9 Å². The maximum absolute atomic E-state index is 9.81. The molecule has 1 aromatic carbocycles. The lowest BCUT2D eigenvalue weighted by atomic mass is 9.59. The smallest absolute Gasteiger partial charge is 0.115 e. The van der Waals surface area contributed by atoms with E-state index in [1.807, 2.05) is 13.0 Å². The van der Waals surface area contributed by atoms with Crippen molar-refractivity contribution in [2.24, 2.45) is 5.92 Å². The van der Waals surface area contributed by atoms with E-state index in [-0.39, 0.29) is 11.5 Å². The first kappa shape index (κ1) is 13.9. The van der Waals surface area contributed by atoms with E-state index in [1.54, 1.807) is 6.07 Å². The topological polar surface area (TPSA) is 43.7 Å². The molecule has 0 amide bonds. The van der Waals surface area contributed by atoms with Crippen molar-refractivity contribution < 1.29 is 10.2 Å². The van der Waals surface area contributed by atoms with Gasteiger partial charge in [-0.15, -0.1) is 0 Å². The van der Waals surface area contributed by atoms with Crippen LogP contribution in [0, 0.1) is 5.92 Å². The average molecular weight is 275 g/mol. The Balaban J connectivity index is 1.99. The van der Waals surface area contributed by atoms with E-state index in [0.29, 0.717) is 17.7 Å². The normalized spacial score (nSPS) is 34.6. The average Bonchev–Trinajstić information content (AvgIpc) is 2.38. The highest BCUT2D eigenvalue weighted by Gasteiger charge is 2.48. The zero-order valence-corrected chi connectivity index (χ0v) is 12.6. The molecule has 1 aliphatic heterocycles. The third-order valence-electron chi connectivity index (χ3n) is 5.61. The summed E-state index contributed by atoms with van der Waals surface area (Å²) in [4.78, 5) is 2.45. The van der Waals surface area contributed by atoms with E-state index < -0.39 is 0 Å². The molecule has 1 heterocycles. The second-order valence-corrected chi connectivity index (χ2v) is 6.91. The van der Waals surface area contributed by atoms with Crippen molar-refractivity contribution in [2.45, 2.75) is 51.2 Å². The summed E-state index contributed by atoms with van der Waals surface area (Å²) < 4.78 is 0. The van der Waals surface area contributed by atoms with Crippen molar-refractivity contribution in [3.8, 4) is 5.75 Å². The Morgan fingerprint density at radius 3 is 2.90 bits per heavy atom. The van der Waals surface area contributed by atoms with E-state index in [2.05, 4.69) is 24.8 Å². The van der Waals surface area contributed by atoms with Crippen LogP contribution in [-0.2, 0) is 11.8 Å². The second-order valence-electron chi connectivity index (χ2n) is 6.91. The van der Waals surface area contributed by atoms with Gasteiger partial charge in [-0.1, -0.05) is 19.9 Å². The molecule has 3 nitrogen and oxygen atoms in total. The van der Waals surface area contributed by atoms with Gasteiger partial charge in [-0.05, 0) is 60.9 Å². The Kier molecular flexibility index (Phi) is 3.30. The van der Waals surface area contributed by atoms with Gasteiger partial charge in [-0.3, -0.25) is 4.90 Å². The van der Waals surface area contributed by atoms with Crippen molar-refractivity contribution in [3.05, 3.63) is 29.3 Å². The number of piperidine rings is 1. The molecule has 1 aliphatic carbocycles. The number of hydrogen-bond acceptors (Lipinski definition) is 3. The SMILES string of the molecule is CC(O)CN1CC[C@@]2(C)c3cc(O)ccc3CC1C2C. The fraction of sp³-hybridized carbons (Fsp3) is 0.647. The summed E-state index contributed by atoms with van der Waals surface area (Å²) in [7, 11) is 0. The van der Waals surface area contributed by atoms with Crippen LogP contribution in [0.2, 0.25) is 0 Å². The molecule has 0 spiro atoms. The van der Waals surface area contributed by atoms with Crippen LogP contribution in [0.1, 0.15) is 38.3 Å². The number of likely N-dealkylation sites (tertiary alicyclic amines) is 1. The number of benzene rings is 1. The Morgan fingerprint density at radius 2 is 2.20 bits per heavy atom. The van der Waals surface area contributed by atoms with E-state index >= 15 is 0 Å². The largest absolute Gasteiger partial charge is 0.508 e. The molecular weight excluding hydrogens is 250 g/mol. The molecule has 4 atom stereocenters. The maximum Gasteiger partial charge on any atom is 0.115 e. The fourth-order valence-electron chi connectivity index (χ4n) is 4.26. The molecule has 0 aromatic heterocycles. The summed E-state index contributed by atoms with van der Waals surface area (Å²) in [5, 5.41) is 19.5. The minimum Gasteiger partial charge on any atom is -0.508 e. The van der Waals surface area contributed by atoms with E-state index in [4.69, 9.17) is 0 Å². The number of β-amino-alcohol motifs (C(OH)–C–C–N with tert-alkyl or cyclic N) is 1. The Hall–Kier alpha value is -1.06. The molecule has 2 aliphatic rings. The summed E-state index contributed by atoms with van der Waals surface area (Å²) in [5.74, 6) is 0.923. The fourth-order valence-corrected chi connectivity index (χ4v) is 4.26. The van der Waals surface area contributed by atoms with Gasteiger partial charge in [0.05, 0.1) is 6.10 Å². The quantitative estimate of drug-likeness (QED) is 0.870. The van der Waals surface area contributed by atoms with Crippen LogP contribution in [0.25, 0.3) is 0 Å². The van der Waals surface area contributed by atoms with Crippen LogP contribution in [0.4, 0.5) is 0 Å². The van der Waals surface area contributed by atoms with Crippen molar-refractivity contribution >= 4 is 0 Å². The highest BCUT2D eigenvalue weighted by molar-refractivity contribution is 5.44. The van der Waals surface area contributed by atoms with Crippen LogP contribution in [0.5, 0.6) is 5.75 Å². The first-order valence-electron chi connectivity index (χ1n) is 7.66. The Bertz CT molecular complexity index is 514. The molecular formula is C17H25NO2. The number of aliphatic hydroxyl groups excluding tert-OH is 1. The lowest BCUT2D eigenvalue weighted by molar-refractivity contribution is 0.00490. The van der Waals surface area contributed by atoms with Gasteiger partial charge < -0.3 is 10.2 Å². The molecule has 3 heteroatoms. The molecule has 2 bridgehead atoms. The molecule has 3 rings (SSSR count). The van der Waals surface area contributed by atoms with Crippen molar-refractivity contribution in [3.63, 3.8) is 0 Å². The van der Waals surface area contributed by atoms with Crippen molar-refractivity contribution in [2.75, 3.05) is 13.1 Å². The molecule has 1 fully saturated rings. The minimum atomic E-state index is -0.271. The number of nitrogens with zero attached hydrogens (tertiary/aromatic N) is 1. The number of phenolic OH excluding ortho intramolecular Hbond substituents is 1. The molecule has 1 aromatic rings. The Morgan fingerprint density at radius 1 is 1.45 bits per heavy atom. The van der Waals surface area contributed by atoms with Crippen molar-refractivity contribution in [1.82, 2.24) is 4.90 Å². The third kappa shape index (κ3) is 2.04. The highest BCUT2D eigenvalue weighted by atomic mass is 16.3. The molecule has 20 heavy (non-hydrogen) atoms. The second kappa shape index (κ2) is 4.74. The third-order valence-corrected chi connectivity index (χ3v) is 5.61. The molecule has 110 valence electrons. The summed E-state index contributed by atoms with van der Waals surface area (Å²) in [6.07, 6.45) is 1.85. The van der Waals surface area contributed by atoms with Crippen LogP contribution >= 0.6 is 0 Å². The van der Waals surface area contributed by atoms with Crippen LogP contribution in [-0.4, -0.2) is 40.3 Å². The van der Waals surface area contributed by atoms with Crippen LogP contribution in [0.15, 0.2) is 18.2 Å². The van der Waals surface area contributed by atoms with Gasteiger partial charge in [0.2, 0.25) is 0 Å². The zero-order valence-electron chi connectivity index (χ0n) is 12.6. The van der Waals surface area contributed by atoms with Crippen molar-refractivity contribution in [1.29, 1.82) is 0 Å². The predicted octanol–water partition coefficient (Wildman–Crippen LogP) is 2.30. The predicted molar refractivity (Wildman–Crippen MR) is 80.0 cm³/mol. The number of hydrogen-bond donors (Lipinski definition) is 2. The van der Waals surface area contributed by atoms with E-state index in [1.165, 1.54) is 11.1 Å². The number of phenols is 1. The standard InChI is InChI=1S/C17H25NO2/c1-11(19)10-18-7-6-17(3)12(2)16(18)8-13-4-5-14(20)9-15(13)17/h4-5,9,11-12,16,19-20H,6-8,10H2,1-3H3/t11?,12?,16?,17-/m1/s1. The van der Waals surface area contributed by atoms with Gasteiger partial charge in [0.1, 0.15) is 5.75 Å². The van der Waals surface area contributed by atoms with Crippen LogP contribution in [0.3, 0.4) is 0 Å². The van der Waals surface area contributed by atoms with Gasteiger partial charge in [0.15, 0.2) is 0 Å². The maximum atomic E-state index is 9.81. The molecule has 0 radical (unpaired) electrons. The summed E-state index contributed by atoms with van der Waals surface area (Å²) in [6, 6.07) is 6.34. The monoisotopic (exact) mass is 275 g/mol. The minimum absolute atomic E-state index is 0.145. The number of aliphatic hydroxyl groups is 1. The lowest BCUT2D eigenvalue weighted by Crippen LogP contribution is -2.59. The summed E-state index contributed by atoms with van der Waals surface area (Å²) in [5.41, 5.74) is 2.84. The van der Waals surface area contributed by atoms with Crippen LogP contribution < -0.4 is 0 Å². The summed E-state index contributed by atoms with van der Waals surface area (Å²) in [6.45, 7) is 8.32. The number of fused-ring (bicyclic) bond motifs is 4. The molecule has 2 N–H and O–H groups in total. The Labute approximate surface area is 121 Å².